The summed E-state index contributed by atoms with van der Waals surface area (Å²) in [5.74, 6) is 0. The van der Waals surface area contributed by atoms with Crippen LogP contribution in [0.4, 0.5) is 0 Å². The second kappa shape index (κ2) is 21.7. The van der Waals surface area contributed by atoms with Crippen LogP contribution in [0.15, 0.2) is 146 Å². The van der Waals surface area contributed by atoms with Crippen molar-refractivity contribution in [3.63, 3.8) is 0 Å². The fraction of sp³-hybridized carbons (Fsp3) is 0.120. The number of rotatable bonds is 8. The number of carbonyl (C=O) groups excluding carboxylic acids is 2. The number of hydrogen-bond acceptors (Lipinski definition) is 2. The van der Waals surface area contributed by atoms with Gasteiger partial charge in [0.1, 0.15) is 0 Å². The molecule has 0 bridgehead atoms. The van der Waals surface area contributed by atoms with E-state index < -0.39 is 20.8 Å². The van der Waals surface area contributed by atoms with Gasteiger partial charge in [0.25, 0.3) is 0 Å². The summed E-state index contributed by atoms with van der Waals surface area (Å²) in [7, 11) is 11.0. The summed E-state index contributed by atoms with van der Waals surface area (Å²) < 4.78 is 0. The van der Waals surface area contributed by atoms with E-state index in [9.17, 15) is 9.59 Å². The molecule has 0 spiro atoms. The van der Waals surface area contributed by atoms with Crippen LogP contribution in [0.25, 0.3) is 66.1 Å². The Morgan fingerprint density at radius 3 is 1.22 bits per heavy atom. The molecule has 2 amide bonds. The van der Waals surface area contributed by atoms with Gasteiger partial charge in [0.15, 0.2) is 12.8 Å². The quantitative estimate of drug-likeness (QED) is 0.0691. The van der Waals surface area contributed by atoms with E-state index in [4.69, 9.17) is 17.0 Å². The number of aryl methyl sites for hydroxylation is 2. The molecule has 0 fully saturated rings. The molecule has 8 aromatic carbocycles. The zero-order valence-corrected chi connectivity index (χ0v) is 37.6. The second-order valence-electron chi connectivity index (χ2n) is 14.0. The Morgan fingerprint density at radius 2 is 0.862 bits per heavy atom. The summed E-state index contributed by atoms with van der Waals surface area (Å²) in [6.07, 6.45) is 0.910. The van der Waals surface area contributed by atoms with E-state index in [0.717, 1.165) is 7.55 Å². The van der Waals surface area contributed by atoms with Crippen molar-refractivity contribution in [3.05, 3.63) is 179 Å². The van der Waals surface area contributed by atoms with E-state index in [1.54, 1.807) is 0 Å². The van der Waals surface area contributed by atoms with E-state index in [0.29, 0.717) is 12.8 Å². The van der Waals surface area contributed by atoms with Crippen LogP contribution in [-0.4, -0.2) is 20.4 Å². The van der Waals surface area contributed by atoms with Crippen LogP contribution >= 0.6 is 17.0 Å². The molecule has 8 aromatic rings. The minimum atomic E-state index is -0.826. The molecule has 8 heteroatoms. The zero-order valence-electron chi connectivity index (χ0n) is 33.7. The van der Waals surface area contributed by atoms with Crippen LogP contribution in [0.3, 0.4) is 0 Å². The fourth-order valence-electron chi connectivity index (χ4n) is 7.15. The van der Waals surface area contributed by atoms with Gasteiger partial charge < -0.3 is 10.5 Å². The molecule has 289 valence electrons. The third-order valence-corrected chi connectivity index (χ3v) is 10.7. The average molecular weight is 880 g/mol. The maximum atomic E-state index is 9.38. The molecule has 4 nitrogen and oxygen atoms in total. The molecule has 8 rings (SSSR count). The fourth-order valence-corrected chi connectivity index (χ4v) is 7.15. The Balaban J connectivity index is 0.000000180. The van der Waals surface area contributed by atoms with Gasteiger partial charge in [-0.05, 0) is 86.1 Å². The van der Waals surface area contributed by atoms with Crippen LogP contribution in [0, 0.1) is 41.5 Å². The van der Waals surface area contributed by atoms with Crippen LogP contribution in [0.1, 0.15) is 33.4 Å². The molecule has 0 atom stereocenters. The summed E-state index contributed by atoms with van der Waals surface area (Å²) in [6.45, 7) is 13.3. The molecule has 0 heterocycles. The first-order valence-electron chi connectivity index (χ1n) is 18.9. The first-order chi connectivity index (χ1) is 28.1. The third-order valence-electron chi connectivity index (χ3n) is 10.7. The minimum absolute atomic E-state index is 0.455. The number of benzene rings is 6. The van der Waals surface area contributed by atoms with Gasteiger partial charge in [-0.15, -0.1) is 69.1 Å². The third kappa shape index (κ3) is 10.7. The number of fused-ring (bicyclic) bond motifs is 2. The molecule has 0 aliphatic heterocycles. The number of amides is 2. The van der Waals surface area contributed by atoms with Crippen LogP contribution in [0.5, 0.6) is 0 Å². The van der Waals surface area contributed by atoms with Gasteiger partial charge in [0.2, 0.25) is 0 Å². The monoisotopic (exact) mass is 877 g/mol. The van der Waals surface area contributed by atoms with E-state index in [-0.39, 0.29) is 0 Å². The van der Waals surface area contributed by atoms with Gasteiger partial charge in [-0.2, -0.15) is 0 Å². The van der Waals surface area contributed by atoms with E-state index in [1.807, 2.05) is 0 Å². The topological polar surface area (TPSA) is 58.2 Å². The van der Waals surface area contributed by atoms with E-state index in [1.165, 1.54) is 99.4 Å². The normalized spacial score (nSPS) is 10.1. The van der Waals surface area contributed by atoms with Crippen LogP contribution < -0.4 is 10.5 Å². The van der Waals surface area contributed by atoms with E-state index in [2.05, 4.69) is 198 Å². The molecular formula is C50H46BCl2N2O2Zr. The van der Waals surface area contributed by atoms with Crippen molar-refractivity contribution in [2.24, 2.45) is 0 Å². The number of nitrogens with one attached hydrogen (secondary N) is 2. The standard InChI is InChI=1S/2C24H21.C2H4BN2O2.2ClH.Zr/c2*1-16-12-13-22(18(3)17(16)2)23-11-7-10-20-14-21(15-24(20)23)19-8-5-4-6-9-19;6-1-4-3-5-2-7;;;/h2*4-15H,1-3H3;1-2H,(H,4,6)(H,5,7);2*1H;/q2*-1;;;;+4/p-2. The first-order valence-corrected chi connectivity index (χ1v) is 25.3. The molecule has 0 unspecified atom stereocenters. The Morgan fingerprint density at radius 1 is 0.483 bits per heavy atom. The van der Waals surface area contributed by atoms with Crippen molar-refractivity contribution in [2.75, 3.05) is 0 Å². The predicted octanol–water partition coefficient (Wildman–Crippen LogP) is 13.0. The molecule has 0 saturated heterocycles. The Hall–Kier alpha value is -4.99. The Labute approximate surface area is 362 Å². The van der Waals surface area contributed by atoms with Gasteiger partial charge in [0.05, 0.1) is 0 Å². The second-order valence-corrected chi connectivity index (χ2v) is 17.7. The van der Waals surface area contributed by atoms with Gasteiger partial charge in [-0.3, -0.25) is 9.59 Å². The summed E-state index contributed by atoms with van der Waals surface area (Å²) in [5.41, 5.74) is 18.7. The molecule has 0 aromatic heterocycles. The van der Waals surface area contributed by atoms with Gasteiger partial charge in [0, 0.05) is 0 Å². The van der Waals surface area contributed by atoms with Gasteiger partial charge >= 0.3 is 45.4 Å². The summed E-state index contributed by atoms with van der Waals surface area (Å²) in [4.78, 5) is 18.8. The predicted molar refractivity (Wildman–Crippen MR) is 245 cm³/mol. The van der Waals surface area contributed by atoms with Gasteiger partial charge in [-0.1, -0.05) is 131 Å². The Kier molecular flexibility index (Phi) is 16.5. The molecule has 1 radical (unpaired) electrons. The molecule has 0 saturated carbocycles. The van der Waals surface area contributed by atoms with Crippen LogP contribution in [0.2, 0.25) is 0 Å². The molecule has 0 aliphatic carbocycles. The van der Waals surface area contributed by atoms with Gasteiger partial charge in [-0.25, -0.2) is 0 Å². The van der Waals surface area contributed by atoms with Crippen molar-refractivity contribution in [3.8, 4) is 44.5 Å². The first kappa shape index (κ1) is 44.1. The molecule has 58 heavy (non-hydrogen) atoms. The van der Waals surface area contributed by atoms with Crippen LogP contribution in [-0.2, 0) is 30.4 Å². The summed E-state index contributed by atoms with van der Waals surface area (Å²) >= 11 is -0.826. The average Bonchev–Trinajstić information content (AvgIpc) is 3.90. The number of carbonyl (C=O) groups is 2. The number of hydrogen-bond donors (Lipinski definition) is 2. The Bertz CT molecular complexity index is 2420. The number of halogens is 2. The zero-order chi connectivity index (χ0) is 41.6. The molecule has 0 aliphatic rings. The van der Waals surface area contributed by atoms with Crippen molar-refractivity contribution >= 4 is 58.9 Å². The SMILES string of the molecule is Cc1ccc(-c2cccc3[cH-]c(-c4ccccc4)cc23)c(C)c1C.Cc1ccc(-c2cccc3[cH-]c(-c4ccccc4)cc23)c(C)c1C.O=CN[B]NC=O.[Cl][Zr+2][Cl]. The van der Waals surface area contributed by atoms with Crippen molar-refractivity contribution in [1.29, 1.82) is 0 Å². The van der Waals surface area contributed by atoms with E-state index >= 15 is 0 Å². The maximum absolute atomic E-state index is 9.38. The van der Waals surface area contributed by atoms with Crippen molar-refractivity contribution < 1.29 is 30.4 Å². The summed E-state index contributed by atoms with van der Waals surface area (Å²) in [6, 6.07) is 52.7. The van der Waals surface area contributed by atoms with Crippen molar-refractivity contribution in [2.45, 2.75) is 41.5 Å². The molecule has 2 N–H and O–H groups in total. The van der Waals surface area contributed by atoms with Crippen molar-refractivity contribution in [1.82, 2.24) is 10.5 Å². The molecular weight excluding hydrogens is 834 g/mol. The summed E-state index contributed by atoms with van der Waals surface area (Å²) in [5, 5.41) is 9.49.